The standard InChI is InChI=1S/C18H20N2O2/c1-2-12-22-17-8-5-15(6-9-17)7-10-18(21)20-14-16-4-3-11-19-13-16/h3-11,13H,2,12,14H2,1H3,(H,20,21)/b10-7+. The van der Waals surface area contributed by atoms with Crippen LogP contribution in [0.4, 0.5) is 0 Å². The van der Waals surface area contributed by atoms with Gasteiger partial charge in [0.05, 0.1) is 6.61 Å². The van der Waals surface area contributed by atoms with E-state index < -0.39 is 0 Å². The first-order valence-electron chi connectivity index (χ1n) is 7.35. The number of nitrogens with one attached hydrogen (secondary N) is 1. The molecule has 0 bridgehead atoms. The van der Waals surface area contributed by atoms with Crippen LogP contribution in [0.5, 0.6) is 5.75 Å². The topological polar surface area (TPSA) is 51.2 Å². The molecule has 1 aromatic carbocycles. The highest BCUT2D eigenvalue weighted by atomic mass is 16.5. The van der Waals surface area contributed by atoms with Crippen molar-refractivity contribution in [2.75, 3.05) is 6.61 Å². The van der Waals surface area contributed by atoms with Crippen LogP contribution in [-0.2, 0) is 11.3 Å². The van der Waals surface area contributed by atoms with Gasteiger partial charge in [0.15, 0.2) is 0 Å². The maximum atomic E-state index is 11.8. The van der Waals surface area contributed by atoms with Gasteiger partial charge in [0, 0.05) is 25.0 Å². The smallest absolute Gasteiger partial charge is 0.244 e. The molecule has 1 amide bonds. The largest absolute Gasteiger partial charge is 0.494 e. The highest BCUT2D eigenvalue weighted by molar-refractivity contribution is 5.91. The summed E-state index contributed by atoms with van der Waals surface area (Å²) in [6.45, 7) is 3.26. The maximum Gasteiger partial charge on any atom is 0.244 e. The minimum Gasteiger partial charge on any atom is -0.494 e. The van der Waals surface area contributed by atoms with E-state index in [1.54, 1.807) is 18.5 Å². The predicted octanol–water partition coefficient (Wildman–Crippen LogP) is 3.20. The van der Waals surface area contributed by atoms with Gasteiger partial charge in [-0.3, -0.25) is 9.78 Å². The lowest BCUT2D eigenvalue weighted by Crippen LogP contribution is -2.20. The van der Waals surface area contributed by atoms with Gasteiger partial charge in [-0.1, -0.05) is 25.1 Å². The van der Waals surface area contributed by atoms with E-state index in [4.69, 9.17) is 4.74 Å². The van der Waals surface area contributed by atoms with E-state index in [9.17, 15) is 4.79 Å². The summed E-state index contributed by atoms with van der Waals surface area (Å²) in [6, 6.07) is 11.4. The molecule has 0 aliphatic carbocycles. The molecule has 1 heterocycles. The van der Waals surface area contributed by atoms with Gasteiger partial charge < -0.3 is 10.1 Å². The number of carbonyl (C=O) groups excluding carboxylic acids is 1. The second kappa shape index (κ2) is 8.62. The average Bonchev–Trinajstić information content (AvgIpc) is 2.58. The molecule has 4 nitrogen and oxygen atoms in total. The summed E-state index contributed by atoms with van der Waals surface area (Å²) < 4.78 is 5.51. The Bertz CT molecular complexity index is 607. The SMILES string of the molecule is CCCOc1ccc(/C=C/C(=O)NCc2cccnc2)cc1. The zero-order chi connectivity index (χ0) is 15.6. The van der Waals surface area contributed by atoms with Crippen LogP contribution in [0.15, 0.2) is 54.9 Å². The fourth-order valence-electron chi connectivity index (χ4n) is 1.82. The second-order valence-corrected chi connectivity index (χ2v) is 4.83. The summed E-state index contributed by atoms with van der Waals surface area (Å²) in [5.41, 5.74) is 1.93. The Hall–Kier alpha value is -2.62. The van der Waals surface area contributed by atoms with E-state index >= 15 is 0 Å². The van der Waals surface area contributed by atoms with Crippen LogP contribution in [-0.4, -0.2) is 17.5 Å². The molecule has 0 atom stereocenters. The molecule has 1 N–H and O–H groups in total. The fourth-order valence-corrected chi connectivity index (χ4v) is 1.82. The zero-order valence-electron chi connectivity index (χ0n) is 12.7. The van der Waals surface area contributed by atoms with Crippen LogP contribution in [0, 0.1) is 0 Å². The van der Waals surface area contributed by atoms with Crippen LogP contribution in [0.2, 0.25) is 0 Å². The van der Waals surface area contributed by atoms with Gasteiger partial charge in [-0.15, -0.1) is 0 Å². The average molecular weight is 296 g/mol. The van der Waals surface area contributed by atoms with E-state index in [0.717, 1.165) is 23.3 Å². The Balaban J connectivity index is 1.81. The van der Waals surface area contributed by atoms with E-state index in [2.05, 4.69) is 17.2 Å². The van der Waals surface area contributed by atoms with E-state index in [1.807, 2.05) is 36.4 Å². The molecule has 0 saturated heterocycles. The van der Waals surface area contributed by atoms with Crippen molar-refractivity contribution in [3.05, 3.63) is 66.0 Å². The van der Waals surface area contributed by atoms with Gasteiger partial charge in [0.2, 0.25) is 5.91 Å². The summed E-state index contributed by atoms with van der Waals surface area (Å²) in [5, 5.41) is 2.82. The molecule has 114 valence electrons. The van der Waals surface area contributed by atoms with Gasteiger partial charge in [0.25, 0.3) is 0 Å². The van der Waals surface area contributed by atoms with Crippen molar-refractivity contribution in [3.63, 3.8) is 0 Å². The first-order valence-corrected chi connectivity index (χ1v) is 7.35. The van der Waals surface area contributed by atoms with Gasteiger partial charge in [-0.2, -0.15) is 0 Å². The van der Waals surface area contributed by atoms with Crippen molar-refractivity contribution >= 4 is 12.0 Å². The summed E-state index contributed by atoms with van der Waals surface area (Å²) in [7, 11) is 0. The van der Waals surface area contributed by atoms with E-state index in [-0.39, 0.29) is 5.91 Å². The molecule has 2 aromatic rings. The van der Waals surface area contributed by atoms with Crippen LogP contribution in [0.25, 0.3) is 6.08 Å². The number of pyridine rings is 1. The third-order valence-electron chi connectivity index (χ3n) is 2.97. The minimum absolute atomic E-state index is 0.129. The lowest BCUT2D eigenvalue weighted by Gasteiger charge is -2.04. The number of hydrogen-bond donors (Lipinski definition) is 1. The predicted molar refractivity (Wildman–Crippen MR) is 87.3 cm³/mol. The van der Waals surface area contributed by atoms with Crippen molar-refractivity contribution < 1.29 is 9.53 Å². The molecule has 0 unspecified atom stereocenters. The highest BCUT2D eigenvalue weighted by Gasteiger charge is 1.97. The van der Waals surface area contributed by atoms with Crippen LogP contribution in [0.3, 0.4) is 0 Å². The number of carbonyl (C=O) groups is 1. The molecule has 1 aromatic heterocycles. The Morgan fingerprint density at radius 1 is 1.27 bits per heavy atom. The number of amides is 1. The molecule has 0 radical (unpaired) electrons. The van der Waals surface area contributed by atoms with Crippen LogP contribution >= 0.6 is 0 Å². The third kappa shape index (κ3) is 5.40. The maximum absolute atomic E-state index is 11.8. The van der Waals surface area contributed by atoms with Crippen molar-refractivity contribution in [3.8, 4) is 5.75 Å². The third-order valence-corrected chi connectivity index (χ3v) is 2.97. The number of nitrogens with zero attached hydrogens (tertiary/aromatic N) is 1. The van der Waals surface area contributed by atoms with E-state index in [0.29, 0.717) is 13.2 Å². The number of benzene rings is 1. The Morgan fingerprint density at radius 3 is 2.77 bits per heavy atom. The number of hydrogen-bond acceptors (Lipinski definition) is 3. The first kappa shape index (κ1) is 15.8. The molecule has 0 aliphatic heterocycles. The summed E-state index contributed by atoms with van der Waals surface area (Å²) in [6.07, 6.45) is 7.73. The van der Waals surface area contributed by atoms with Crippen LogP contribution in [0.1, 0.15) is 24.5 Å². The number of aromatic nitrogens is 1. The van der Waals surface area contributed by atoms with Crippen molar-refractivity contribution in [2.24, 2.45) is 0 Å². The monoisotopic (exact) mass is 296 g/mol. The minimum atomic E-state index is -0.129. The fraction of sp³-hybridized carbons (Fsp3) is 0.222. The molecule has 0 fully saturated rings. The molecule has 0 saturated carbocycles. The summed E-state index contributed by atoms with van der Waals surface area (Å²) in [5.74, 6) is 0.718. The quantitative estimate of drug-likeness (QED) is 0.798. The van der Waals surface area contributed by atoms with Crippen molar-refractivity contribution in [1.82, 2.24) is 10.3 Å². The summed E-state index contributed by atoms with van der Waals surface area (Å²) >= 11 is 0. The molecular weight excluding hydrogens is 276 g/mol. The van der Waals surface area contributed by atoms with Crippen molar-refractivity contribution in [2.45, 2.75) is 19.9 Å². The molecule has 0 aliphatic rings. The number of rotatable bonds is 7. The molecule has 2 rings (SSSR count). The molecule has 22 heavy (non-hydrogen) atoms. The second-order valence-electron chi connectivity index (χ2n) is 4.83. The Morgan fingerprint density at radius 2 is 2.09 bits per heavy atom. The zero-order valence-corrected chi connectivity index (χ0v) is 12.7. The summed E-state index contributed by atoms with van der Waals surface area (Å²) in [4.78, 5) is 15.8. The lowest BCUT2D eigenvalue weighted by atomic mass is 10.2. The Labute approximate surface area is 130 Å². The molecule has 0 spiro atoms. The highest BCUT2D eigenvalue weighted by Crippen LogP contribution is 2.13. The van der Waals surface area contributed by atoms with E-state index in [1.165, 1.54) is 6.08 Å². The Kier molecular flexibility index (Phi) is 6.18. The van der Waals surface area contributed by atoms with Gasteiger partial charge >= 0.3 is 0 Å². The van der Waals surface area contributed by atoms with Crippen LogP contribution < -0.4 is 10.1 Å². The normalized spacial score (nSPS) is 10.6. The number of ether oxygens (including phenoxy) is 1. The lowest BCUT2D eigenvalue weighted by molar-refractivity contribution is -0.116. The van der Waals surface area contributed by atoms with Crippen molar-refractivity contribution in [1.29, 1.82) is 0 Å². The van der Waals surface area contributed by atoms with Gasteiger partial charge in [-0.05, 0) is 41.8 Å². The van der Waals surface area contributed by atoms with Gasteiger partial charge in [0.1, 0.15) is 5.75 Å². The van der Waals surface area contributed by atoms with Gasteiger partial charge in [-0.25, -0.2) is 0 Å². The molecule has 4 heteroatoms. The molecular formula is C18H20N2O2. The first-order chi connectivity index (χ1) is 10.8.